The minimum Gasteiger partial charge on any atom is -0.327 e. The highest BCUT2D eigenvalue weighted by molar-refractivity contribution is 5.20. The maximum absolute atomic E-state index is 13.6. The molecule has 1 saturated carbocycles. The number of hydrogen-bond acceptors (Lipinski definition) is 2. The van der Waals surface area contributed by atoms with Crippen molar-refractivity contribution in [1.29, 1.82) is 0 Å². The van der Waals surface area contributed by atoms with E-state index >= 15 is 0 Å². The summed E-state index contributed by atoms with van der Waals surface area (Å²) < 4.78 is 39.6. The Balaban J connectivity index is 1.72. The van der Waals surface area contributed by atoms with Crippen LogP contribution < -0.4 is 5.73 Å². The van der Waals surface area contributed by atoms with Crippen molar-refractivity contribution in [3.8, 4) is 0 Å². The minimum absolute atomic E-state index is 0.215. The number of halogens is 3. The van der Waals surface area contributed by atoms with Crippen LogP contribution in [0.15, 0.2) is 12.1 Å². The van der Waals surface area contributed by atoms with E-state index in [0.29, 0.717) is 24.4 Å². The third-order valence-electron chi connectivity index (χ3n) is 4.47. The summed E-state index contributed by atoms with van der Waals surface area (Å²) in [7, 11) is 0. The second kappa shape index (κ2) is 4.80. The molecule has 0 radical (unpaired) electrons. The average Bonchev–Trinajstić information content (AvgIpc) is 2.89. The third-order valence-corrected chi connectivity index (χ3v) is 4.47. The molecule has 5 heteroatoms. The Kier molecular flexibility index (Phi) is 3.27. The Labute approximate surface area is 110 Å². The summed E-state index contributed by atoms with van der Waals surface area (Å²) in [6.07, 6.45) is 2.17. The number of fused-ring (bicyclic) bond motifs is 1. The number of benzene rings is 1. The highest BCUT2D eigenvalue weighted by Gasteiger charge is 2.40. The maximum Gasteiger partial charge on any atom is 0.161 e. The van der Waals surface area contributed by atoms with Crippen molar-refractivity contribution in [2.45, 2.75) is 25.4 Å². The Morgan fingerprint density at radius 3 is 2.53 bits per heavy atom. The van der Waals surface area contributed by atoms with Gasteiger partial charge in [0.15, 0.2) is 11.6 Å². The minimum atomic E-state index is -1.14. The summed E-state index contributed by atoms with van der Waals surface area (Å²) >= 11 is 0. The topological polar surface area (TPSA) is 29.3 Å². The lowest BCUT2D eigenvalue weighted by Crippen LogP contribution is -2.30. The van der Waals surface area contributed by atoms with Crippen LogP contribution in [0.2, 0.25) is 0 Å². The van der Waals surface area contributed by atoms with Crippen molar-refractivity contribution in [2.75, 3.05) is 13.1 Å². The van der Waals surface area contributed by atoms with Crippen LogP contribution >= 0.6 is 0 Å². The van der Waals surface area contributed by atoms with Gasteiger partial charge < -0.3 is 5.73 Å². The molecule has 3 unspecified atom stereocenters. The van der Waals surface area contributed by atoms with Crippen LogP contribution in [0.3, 0.4) is 0 Å². The Bertz CT molecular complexity index is 492. The summed E-state index contributed by atoms with van der Waals surface area (Å²) in [6.45, 7) is 2.02. The molecule has 3 atom stereocenters. The van der Waals surface area contributed by atoms with Crippen molar-refractivity contribution < 1.29 is 13.2 Å². The molecule has 2 N–H and O–H groups in total. The van der Waals surface area contributed by atoms with Gasteiger partial charge in [-0.15, -0.1) is 0 Å². The van der Waals surface area contributed by atoms with Gasteiger partial charge in [0.25, 0.3) is 0 Å². The molecule has 1 aliphatic carbocycles. The maximum atomic E-state index is 13.6. The molecule has 1 aromatic carbocycles. The van der Waals surface area contributed by atoms with Gasteiger partial charge in [-0.2, -0.15) is 0 Å². The van der Waals surface area contributed by atoms with Crippen LogP contribution in [-0.2, 0) is 6.54 Å². The molecule has 1 heterocycles. The van der Waals surface area contributed by atoms with E-state index in [0.717, 1.165) is 32.0 Å². The van der Waals surface area contributed by atoms with Gasteiger partial charge in [0.2, 0.25) is 0 Å². The molecule has 0 spiro atoms. The van der Waals surface area contributed by atoms with Crippen LogP contribution in [0.25, 0.3) is 0 Å². The Morgan fingerprint density at radius 1 is 1.05 bits per heavy atom. The molecule has 1 aliphatic heterocycles. The monoisotopic (exact) mass is 270 g/mol. The normalized spacial score (nSPS) is 30.8. The van der Waals surface area contributed by atoms with Gasteiger partial charge in [-0.1, -0.05) is 0 Å². The van der Waals surface area contributed by atoms with Crippen LogP contribution in [0.4, 0.5) is 13.2 Å². The zero-order valence-corrected chi connectivity index (χ0v) is 10.6. The van der Waals surface area contributed by atoms with Crippen LogP contribution in [0.1, 0.15) is 18.4 Å². The highest BCUT2D eigenvalue weighted by atomic mass is 19.2. The summed E-state index contributed by atoms with van der Waals surface area (Å²) in [5, 5.41) is 0. The fourth-order valence-electron chi connectivity index (χ4n) is 3.45. The summed E-state index contributed by atoms with van der Waals surface area (Å²) in [4.78, 5) is 2.09. The smallest absolute Gasteiger partial charge is 0.161 e. The van der Waals surface area contributed by atoms with Crippen LogP contribution in [0, 0.1) is 29.3 Å². The molecule has 0 amide bonds. The Hall–Kier alpha value is -1.07. The number of hydrogen-bond donors (Lipinski definition) is 1. The van der Waals surface area contributed by atoms with E-state index in [-0.39, 0.29) is 11.6 Å². The van der Waals surface area contributed by atoms with Gasteiger partial charge in [-0.05, 0) is 30.7 Å². The molecule has 1 aromatic rings. The second-order valence-corrected chi connectivity index (χ2v) is 5.72. The predicted octanol–water partition coefficient (Wildman–Crippen LogP) is 2.27. The molecule has 2 aliphatic rings. The summed E-state index contributed by atoms with van der Waals surface area (Å²) in [6, 6.07) is 1.80. The van der Waals surface area contributed by atoms with E-state index in [1.807, 2.05) is 0 Å². The van der Waals surface area contributed by atoms with E-state index in [9.17, 15) is 13.2 Å². The van der Waals surface area contributed by atoms with Crippen LogP contribution in [-0.4, -0.2) is 24.0 Å². The van der Waals surface area contributed by atoms with Crippen molar-refractivity contribution in [3.63, 3.8) is 0 Å². The standard InChI is InChI=1S/C14H17F3N2/c15-11-4-13(17)12(16)3-9(11)6-19-5-8-1-2-14(18)10(8)7-19/h3-4,8,10,14H,1-2,5-7,18H2. The molecule has 0 aromatic heterocycles. The van der Waals surface area contributed by atoms with E-state index in [2.05, 4.69) is 4.90 Å². The quantitative estimate of drug-likeness (QED) is 0.835. The van der Waals surface area contributed by atoms with Crippen molar-refractivity contribution in [3.05, 3.63) is 35.1 Å². The van der Waals surface area contributed by atoms with Crippen LogP contribution in [0.5, 0.6) is 0 Å². The molecule has 3 rings (SSSR count). The SMILES string of the molecule is NC1CCC2CN(Cc3cc(F)c(F)cc3F)CC12. The molecular formula is C14H17F3N2. The van der Waals surface area contributed by atoms with E-state index in [4.69, 9.17) is 5.73 Å². The molecule has 2 fully saturated rings. The number of nitrogens with two attached hydrogens (primary N) is 1. The largest absolute Gasteiger partial charge is 0.327 e. The summed E-state index contributed by atoms with van der Waals surface area (Å²) in [5.74, 6) is -1.77. The first-order valence-corrected chi connectivity index (χ1v) is 6.66. The van der Waals surface area contributed by atoms with Gasteiger partial charge in [-0.25, -0.2) is 13.2 Å². The van der Waals surface area contributed by atoms with E-state index < -0.39 is 17.5 Å². The lowest BCUT2D eigenvalue weighted by atomic mass is 9.98. The van der Waals surface area contributed by atoms with Gasteiger partial charge in [-0.3, -0.25) is 4.90 Å². The fraction of sp³-hybridized carbons (Fsp3) is 0.571. The van der Waals surface area contributed by atoms with Crippen molar-refractivity contribution in [2.24, 2.45) is 17.6 Å². The molecular weight excluding hydrogens is 253 g/mol. The first-order chi connectivity index (χ1) is 9.04. The van der Waals surface area contributed by atoms with E-state index in [1.54, 1.807) is 0 Å². The molecule has 104 valence electrons. The zero-order valence-electron chi connectivity index (χ0n) is 10.6. The third kappa shape index (κ3) is 2.37. The van der Waals surface area contributed by atoms with Crippen molar-refractivity contribution >= 4 is 0 Å². The number of rotatable bonds is 2. The fourth-order valence-corrected chi connectivity index (χ4v) is 3.45. The zero-order chi connectivity index (χ0) is 13.6. The second-order valence-electron chi connectivity index (χ2n) is 5.72. The Morgan fingerprint density at radius 2 is 1.79 bits per heavy atom. The molecule has 2 nitrogen and oxygen atoms in total. The number of likely N-dealkylation sites (tertiary alicyclic amines) is 1. The van der Waals surface area contributed by atoms with Gasteiger partial charge in [0, 0.05) is 37.3 Å². The lowest BCUT2D eigenvalue weighted by molar-refractivity contribution is 0.292. The van der Waals surface area contributed by atoms with Gasteiger partial charge in [0.1, 0.15) is 5.82 Å². The summed E-state index contributed by atoms with van der Waals surface area (Å²) in [5.41, 5.74) is 6.25. The van der Waals surface area contributed by atoms with E-state index in [1.165, 1.54) is 0 Å². The first-order valence-electron chi connectivity index (χ1n) is 6.66. The number of nitrogens with zero attached hydrogens (tertiary/aromatic N) is 1. The van der Waals surface area contributed by atoms with Gasteiger partial charge >= 0.3 is 0 Å². The first kappa shape index (κ1) is 12.9. The van der Waals surface area contributed by atoms with Crippen molar-refractivity contribution in [1.82, 2.24) is 4.90 Å². The highest BCUT2D eigenvalue weighted by Crippen LogP contribution is 2.37. The lowest BCUT2D eigenvalue weighted by Gasteiger charge is -2.18. The average molecular weight is 270 g/mol. The molecule has 0 bridgehead atoms. The van der Waals surface area contributed by atoms with Gasteiger partial charge in [0.05, 0.1) is 0 Å². The molecule has 1 saturated heterocycles. The molecule has 19 heavy (non-hydrogen) atoms. The predicted molar refractivity (Wildman–Crippen MR) is 65.8 cm³/mol.